The van der Waals surface area contributed by atoms with Crippen LogP contribution in [0.1, 0.15) is 29.8 Å². The molecule has 1 aliphatic heterocycles. The zero-order chi connectivity index (χ0) is 14.4. The fourth-order valence-electron chi connectivity index (χ4n) is 2.08. The highest BCUT2D eigenvalue weighted by Gasteiger charge is 2.17. The monoisotopic (exact) mass is 308 g/mol. The summed E-state index contributed by atoms with van der Waals surface area (Å²) in [5.74, 6) is 2.03. The van der Waals surface area contributed by atoms with E-state index < -0.39 is 0 Å². The first-order valence-electron chi connectivity index (χ1n) is 6.93. The number of carbonyl (C=O) groups is 1. The summed E-state index contributed by atoms with van der Waals surface area (Å²) in [4.78, 5) is 18.8. The average Bonchev–Trinajstić information content (AvgIpc) is 3.00. The van der Waals surface area contributed by atoms with E-state index in [1.54, 1.807) is 11.8 Å². The number of amides is 1. The molecule has 0 saturated heterocycles. The van der Waals surface area contributed by atoms with Crippen LogP contribution in [-0.2, 0) is 5.75 Å². The van der Waals surface area contributed by atoms with Crippen molar-refractivity contribution in [2.24, 2.45) is 4.99 Å². The van der Waals surface area contributed by atoms with Crippen LogP contribution >= 0.6 is 23.5 Å². The molecule has 0 radical (unpaired) electrons. The van der Waals surface area contributed by atoms with Gasteiger partial charge in [-0.2, -0.15) is 0 Å². The van der Waals surface area contributed by atoms with Gasteiger partial charge < -0.3 is 4.90 Å². The third-order valence-corrected chi connectivity index (χ3v) is 5.51. The molecule has 20 heavy (non-hydrogen) atoms. The van der Waals surface area contributed by atoms with Crippen LogP contribution in [-0.4, -0.2) is 40.6 Å². The maximum absolute atomic E-state index is 12.5. The van der Waals surface area contributed by atoms with Gasteiger partial charge in [0, 0.05) is 30.2 Å². The van der Waals surface area contributed by atoms with Gasteiger partial charge in [0.2, 0.25) is 0 Å². The summed E-state index contributed by atoms with van der Waals surface area (Å²) in [5.41, 5.74) is 1.93. The van der Waals surface area contributed by atoms with E-state index in [0.29, 0.717) is 0 Å². The number of hydrogen-bond acceptors (Lipinski definition) is 4. The molecule has 1 heterocycles. The molecule has 0 bridgehead atoms. The average molecular weight is 308 g/mol. The predicted octanol–water partition coefficient (Wildman–Crippen LogP) is 3.50. The minimum absolute atomic E-state index is 0.132. The van der Waals surface area contributed by atoms with Crippen molar-refractivity contribution in [1.82, 2.24) is 4.90 Å². The van der Waals surface area contributed by atoms with Crippen molar-refractivity contribution in [2.75, 3.05) is 25.4 Å². The van der Waals surface area contributed by atoms with Gasteiger partial charge in [-0.25, -0.2) is 0 Å². The van der Waals surface area contributed by atoms with Gasteiger partial charge in [-0.3, -0.25) is 9.79 Å². The van der Waals surface area contributed by atoms with Crippen molar-refractivity contribution in [3.8, 4) is 0 Å². The zero-order valence-corrected chi connectivity index (χ0v) is 13.6. The standard InChI is InChI=1S/C15H20N2OS2/c1-3-17(4-2)14(18)13-8-6-5-7-12(13)11-20-15-16-9-10-19-15/h5-8H,3-4,9-11H2,1-2H3. The first-order chi connectivity index (χ1) is 9.76. The third kappa shape index (κ3) is 3.79. The van der Waals surface area contributed by atoms with Crippen molar-refractivity contribution in [1.29, 1.82) is 0 Å². The molecule has 0 unspecified atom stereocenters. The van der Waals surface area contributed by atoms with E-state index in [9.17, 15) is 4.79 Å². The van der Waals surface area contributed by atoms with E-state index >= 15 is 0 Å². The van der Waals surface area contributed by atoms with Gasteiger partial charge in [0.15, 0.2) is 0 Å². The van der Waals surface area contributed by atoms with Crippen LogP contribution in [0.3, 0.4) is 0 Å². The lowest BCUT2D eigenvalue weighted by Gasteiger charge is -2.20. The summed E-state index contributed by atoms with van der Waals surface area (Å²) < 4.78 is 1.15. The van der Waals surface area contributed by atoms with E-state index in [1.807, 2.05) is 54.8 Å². The van der Waals surface area contributed by atoms with Crippen molar-refractivity contribution >= 4 is 33.8 Å². The second-order valence-corrected chi connectivity index (χ2v) is 6.73. The van der Waals surface area contributed by atoms with Gasteiger partial charge >= 0.3 is 0 Å². The third-order valence-electron chi connectivity index (χ3n) is 3.21. The van der Waals surface area contributed by atoms with Gasteiger partial charge in [-0.05, 0) is 25.5 Å². The molecule has 3 nitrogen and oxygen atoms in total. The SMILES string of the molecule is CCN(CC)C(=O)c1ccccc1CSC1=NCCS1. The maximum Gasteiger partial charge on any atom is 0.254 e. The molecule has 0 N–H and O–H groups in total. The molecule has 0 fully saturated rings. The first-order valence-corrected chi connectivity index (χ1v) is 8.90. The Morgan fingerprint density at radius 2 is 2.10 bits per heavy atom. The number of carbonyl (C=O) groups excluding carboxylic acids is 1. The van der Waals surface area contributed by atoms with Crippen LogP contribution in [0.25, 0.3) is 0 Å². The Kier molecular flexibility index (Phi) is 5.98. The summed E-state index contributed by atoms with van der Waals surface area (Å²) in [5, 5.41) is 0. The molecule has 1 aromatic carbocycles. The molecule has 5 heteroatoms. The molecule has 108 valence electrons. The Bertz CT molecular complexity index is 498. The number of aliphatic imine (C=N–C) groups is 1. The largest absolute Gasteiger partial charge is 0.339 e. The molecule has 0 saturated carbocycles. The van der Waals surface area contributed by atoms with E-state index in [1.165, 1.54) is 0 Å². The Balaban J connectivity index is 2.10. The highest BCUT2D eigenvalue weighted by Crippen LogP contribution is 2.26. The van der Waals surface area contributed by atoms with Crippen molar-refractivity contribution in [3.05, 3.63) is 35.4 Å². The summed E-state index contributed by atoms with van der Waals surface area (Å²) in [7, 11) is 0. The quantitative estimate of drug-likeness (QED) is 0.834. The lowest BCUT2D eigenvalue weighted by molar-refractivity contribution is 0.0772. The number of benzene rings is 1. The number of rotatable bonds is 5. The molecule has 0 aliphatic carbocycles. The van der Waals surface area contributed by atoms with Crippen molar-refractivity contribution in [3.63, 3.8) is 0 Å². The van der Waals surface area contributed by atoms with Crippen molar-refractivity contribution < 1.29 is 4.79 Å². The summed E-state index contributed by atoms with van der Waals surface area (Å²) >= 11 is 3.55. The van der Waals surface area contributed by atoms with E-state index in [0.717, 1.165) is 46.6 Å². The van der Waals surface area contributed by atoms with Crippen LogP contribution in [0, 0.1) is 0 Å². The van der Waals surface area contributed by atoms with E-state index in [4.69, 9.17) is 0 Å². The van der Waals surface area contributed by atoms with Crippen LogP contribution in [0.5, 0.6) is 0 Å². The maximum atomic E-state index is 12.5. The Labute approximate surface area is 129 Å². The predicted molar refractivity (Wildman–Crippen MR) is 89.7 cm³/mol. The normalized spacial score (nSPS) is 14.2. The minimum atomic E-state index is 0.132. The van der Waals surface area contributed by atoms with Gasteiger partial charge in [-0.1, -0.05) is 41.7 Å². The second kappa shape index (κ2) is 7.74. The minimum Gasteiger partial charge on any atom is -0.339 e. The second-order valence-electron chi connectivity index (χ2n) is 4.42. The van der Waals surface area contributed by atoms with Crippen molar-refractivity contribution in [2.45, 2.75) is 19.6 Å². The molecular weight excluding hydrogens is 288 g/mol. The topological polar surface area (TPSA) is 32.7 Å². The van der Waals surface area contributed by atoms with Crippen LogP contribution in [0.4, 0.5) is 0 Å². The number of hydrogen-bond donors (Lipinski definition) is 0. The van der Waals surface area contributed by atoms with E-state index in [-0.39, 0.29) is 5.91 Å². The summed E-state index contributed by atoms with van der Waals surface area (Å²) in [6.45, 7) is 6.46. The molecule has 0 aromatic heterocycles. The zero-order valence-electron chi connectivity index (χ0n) is 12.0. The lowest BCUT2D eigenvalue weighted by Crippen LogP contribution is -2.31. The van der Waals surface area contributed by atoms with Crippen LogP contribution in [0.15, 0.2) is 29.3 Å². The summed E-state index contributed by atoms with van der Waals surface area (Å²) in [6, 6.07) is 7.91. The van der Waals surface area contributed by atoms with Gasteiger partial charge in [-0.15, -0.1) is 0 Å². The van der Waals surface area contributed by atoms with Crippen LogP contribution in [0.2, 0.25) is 0 Å². The smallest absolute Gasteiger partial charge is 0.254 e. The lowest BCUT2D eigenvalue weighted by atomic mass is 10.1. The molecule has 0 atom stereocenters. The van der Waals surface area contributed by atoms with Gasteiger partial charge in [0.05, 0.1) is 6.54 Å². The molecule has 0 spiro atoms. The Hall–Kier alpha value is -0.940. The molecule has 1 amide bonds. The molecule has 2 rings (SSSR count). The fourth-order valence-corrected chi connectivity index (χ4v) is 4.09. The Morgan fingerprint density at radius 3 is 2.75 bits per heavy atom. The highest BCUT2D eigenvalue weighted by atomic mass is 32.2. The summed E-state index contributed by atoms with van der Waals surface area (Å²) in [6.07, 6.45) is 0. The van der Waals surface area contributed by atoms with Gasteiger partial charge in [0.1, 0.15) is 4.38 Å². The Morgan fingerprint density at radius 1 is 1.35 bits per heavy atom. The van der Waals surface area contributed by atoms with Gasteiger partial charge in [0.25, 0.3) is 5.91 Å². The molecule has 1 aromatic rings. The highest BCUT2D eigenvalue weighted by molar-refractivity contribution is 8.38. The molecule has 1 aliphatic rings. The molecular formula is C15H20N2OS2. The first kappa shape index (κ1) is 15.4. The van der Waals surface area contributed by atoms with Crippen LogP contribution < -0.4 is 0 Å². The number of thioether (sulfide) groups is 2. The fraction of sp³-hybridized carbons (Fsp3) is 0.467. The number of nitrogens with zero attached hydrogens (tertiary/aromatic N) is 2. The van der Waals surface area contributed by atoms with E-state index in [2.05, 4.69) is 4.99 Å².